The molecule has 0 unspecified atom stereocenters. The summed E-state index contributed by atoms with van der Waals surface area (Å²) in [5.74, 6) is 0.831. The van der Waals surface area contributed by atoms with Crippen molar-refractivity contribution in [3.63, 3.8) is 0 Å². The van der Waals surface area contributed by atoms with E-state index in [1.807, 2.05) is 24.3 Å². The monoisotopic (exact) mass is 251 g/mol. The van der Waals surface area contributed by atoms with Crippen LogP contribution in [-0.4, -0.2) is 30.7 Å². The third kappa shape index (κ3) is 5.68. The van der Waals surface area contributed by atoms with Crippen LogP contribution in [0.5, 0.6) is 5.75 Å². The van der Waals surface area contributed by atoms with Gasteiger partial charge in [0.05, 0.1) is 12.3 Å². The Labute approximate surface area is 108 Å². The minimum atomic E-state index is 0.566. The molecular weight excluding hydrogens is 230 g/mol. The van der Waals surface area contributed by atoms with Gasteiger partial charge in [-0.25, -0.2) is 0 Å². The summed E-state index contributed by atoms with van der Waals surface area (Å²) in [4.78, 5) is 0. The molecule has 1 N–H and O–H groups in total. The maximum Gasteiger partial charge on any atom is 0.119 e. The van der Waals surface area contributed by atoms with Gasteiger partial charge in [-0.3, -0.25) is 0 Å². The van der Waals surface area contributed by atoms with Gasteiger partial charge in [0.1, 0.15) is 12.4 Å². The Morgan fingerprint density at radius 3 is 2.50 bits per heavy atom. The first-order valence-corrected chi connectivity index (χ1v) is 6.23. The van der Waals surface area contributed by atoms with E-state index in [1.165, 1.54) is 0 Å². The molecule has 0 aliphatic heterocycles. The fourth-order valence-corrected chi connectivity index (χ4v) is 1.50. The standard InChI is InChI=1S/C14H21NO3/c1-3-8-17-9-10-18-14-6-4-13(5-7-14)11-12(2)15-16/h4-7,16H,3,8-11H2,1-2H3/b15-12+. The first-order valence-electron chi connectivity index (χ1n) is 6.23. The zero-order chi connectivity index (χ0) is 13.2. The summed E-state index contributed by atoms with van der Waals surface area (Å²) in [6.45, 7) is 5.83. The molecule has 0 saturated carbocycles. The summed E-state index contributed by atoms with van der Waals surface area (Å²) >= 11 is 0. The average Bonchev–Trinajstić information content (AvgIpc) is 2.40. The highest BCUT2D eigenvalue weighted by Gasteiger charge is 1.98. The van der Waals surface area contributed by atoms with Crippen molar-refractivity contribution in [3.8, 4) is 5.75 Å². The van der Waals surface area contributed by atoms with Gasteiger partial charge in [0.2, 0.25) is 0 Å². The second-order valence-corrected chi connectivity index (χ2v) is 4.12. The van der Waals surface area contributed by atoms with Crippen molar-refractivity contribution in [1.29, 1.82) is 0 Å². The Hall–Kier alpha value is -1.55. The van der Waals surface area contributed by atoms with Crippen molar-refractivity contribution in [2.24, 2.45) is 5.16 Å². The molecule has 0 heterocycles. The van der Waals surface area contributed by atoms with Crippen LogP contribution in [0.2, 0.25) is 0 Å². The van der Waals surface area contributed by atoms with Crippen LogP contribution in [0, 0.1) is 0 Å². The summed E-state index contributed by atoms with van der Waals surface area (Å²) in [7, 11) is 0. The first-order chi connectivity index (χ1) is 8.76. The fourth-order valence-electron chi connectivity index (χ4n) is 1.50. The van der Waals surface area contributed by atoms with E-state index >= 15 is 0 Å². The van der Waals surface area contributed by atoms with Gasteiger partial charge in [-0.05, 0) is 31.0 Å². The van der Waals surface area contributed by atoms with E-state index in [0.717, 1.165) is 24.3 Å². The van der Waals surface area contributed by atoms with Gasteiger partial charge in [-0.15, -0.1) is 0 Å². The smallest absolute Gasteiger partial charge is 0.119 e. The molecule has 18 heavy (non-hydrogen) atoms. The lowest BCUT2D eigenvalue weighted by Crippen LogP contribution is -2.07. The Balaban J connectivity index is 2.31. The summed E-state index contributed by atoms with van der Waals surface area (Å²) in [5, 5.41) is 11.7. The molecule has 0 aliphatic rings. The number of oxime groups is 1. The second-order valence-electron chi connectivity index (χ2n) is 4.12. The first kappa shape index (κ1) is 14.5. The zero-order valence-corrected chi connectivity index (χ0v) is 11.1. The maximum atomic E-state index is 8.59. The molecule has 0 bridgehead atoms. The highest BCUT2D eigenvalue weighted by atomic mass is 16.5. The maximum absolute atomic E-state index is 8.59. The van der Waals surface area contributed by atoms with Crippen LogP contribution in [0.3, 0.4) is 0 Å². The number of nitrogens with zero attached hydrogens (tertiary/aromatic N) is 1. The van der Waals surface area contributed by atoms with Crippen molar-refractivity contribution in [2.45, 2.75) is 26.7 Å². The van der Waals surface area contributed by atoms with Gasteiger partial charge in [0.15, 0.2) is 0 Å². The zero-order valence-electron chi connectivity index (χ0n) is 11.1. The lowest BCUT2D eigenvalue weighted by Gasteiger charge is -2.07. The average molecular weight is 251 g/mol. The summed E-state index contributed by atoms with van der Waals surface area (Å²) in [6.07, 6.45) is 1.68. The number of ether oxygens (including phenoxy) is 2. The molecule has 4 heteroatoms. The minimum Gasteiger partial charge on any atom is -0.491 e. The largest absolute Gasteiger partial charge is 0.491 e. The molecule has 0 saturated heterocycles. The predicted molar refractivity (Wildman–Crippen MR) is 71.6 cm³/mol. The summed E-state index contributed by atoms with van der Waals surface area (Å²) in [6, 6.07) is 7.77. The fraction of sp³-hybridized carbons (Fsp3) is 0.500. The number of benzene rings is 1. The van der Waals surface area contributed by atoms with Crippen molar-refractivity contribution < 1.29 is 14.7 Å². The van der Waals surface area contributed by atoms with Crippen LogP contribution in [-0.2, 0) is 11.2 Å². The predicted octanol–water partition coefficient (Wildman–Crippen LogP) is 2.88. The third-order valence-electron chi connectivity index (χ3n) is 2.40. The van der Waals surface area contributed by atoms with Crippen molar-refractivity contribution >= 4 is 5.71 Å². The lowest BCUT2D eigenvalue weighted by molar-refractivity contribution is 0.101. The molecule has 0 aliphatic carbocycles. The quantitative estimate of drug-likeness (QED) is 0.334. The highest BCUT2D eigenvalue weighted by molar-refractivity contribution is 5.83. The molecule has 0 aromatic heterocycles. The molecule has 0 fully saturated rings. The van der Waals surface area contributed by atoms with E-state index in [-0.39, 0.29) is 0 Å². The molecular formula is C14H21NO3. The van der Waals surface area contributed by atoms with Gasteiger partial charge in [-0.2, -0.15) is 0 Å². The van der Waals surface area contributed by atoms with Crippen LogP contribution in [0.1, 0.15) is 25.8 Å². The second kappa shape index (κ2) is 8.53. The van der Waals surface area contributed by atoms with Gasteiger partial charge in [0.25, 0.3) is 0 Å². The Bertz CT molecular complexity index is 360. The van der Waals surface area contributed by atoms with Gasteiger partial charge in [0, 0.05) is 13.0 Å². The number of rotatable bonds is 8. The Kier molecular flexibility index (Phi) is 6.87. The SMILES string of the molecule is CCCOCCOc1ccc(C/C(C)=N/O)cc1. The molecule has 0 spiro atoms. The topological polar surface area (TPSA) is 51.0 Å². The van der Waals surface area contributed by atoms with Crippen molar-refractivity contribution in [1.82, 2.24) is 0 Å². The van der Waals surface area contributed by atoms with E-state index in [0.29, 0.717) is 25.3 Å². The van der Waals surface area contributed by atoms with E-state index in [9.17, 15) is 0 Å². The van der Waals surface area contributed by atoms with E-state index in [1.54, 1.807) is 6.92 Å². The van der Waals surface area contributed by atoms with Gasteiger partial charge >= 0.3 is 0 Å². The molecule has 1 aromatic rings. The van der Waals surface area contributed by atoms with E-state index in [4.69, 9.17) is 14.7 Å². The molecule has 1 rings (SSSR count). The van der Waals surface area contributed by atoms with Crippen molar-refractivity contribution in [3.05, 3.63) is 29.8 Å². The minimum absolute atomic E-state index is 0.566. The molecule has 0 amide bonds. The lowest BCUT2D eigenvalue weighted by atomic mass is 10.1. The normalized spacial score (nSPS) is 11.6. The van der Waals surface area contributed by atoms with Crippen LogP contribution in [0.15, 0.2) is 29.4 Å². The van der Waals surface area contributed by atoms with Gasteiger partial charge in [-0.1, -0.05) is 24.2 Å². The molecule has 100 valence electrons. The molecule has 1 aromatic carbocycles. The van der Waals surface area contributed by atoms with E-state index < -0.39 is 0 Å². The summed E-state index contributed by atoms with van der Waals surface area (Å²) in [5.41, 5.74) is 1.79. The molecule has 4 nitrogen and oxygen atoms in total. The van der Waals surface area contributed by atoms with Gasteiger partial charge < -0.3 is 14.7 Å². The highest BCUT2D eigenvalue weighted by Crippen LogP contribution is 2.12. The number of hydrogen-bond acceptors (Lipinski definition) is 4. The Morgan fingerprint density at radius 1 is 1.17 bits per heavy atom. The molecule has 0 atom stereocenters. The molecule has 0 radical (unpaired) electrons. The number of hydrogen-bond donors (Lipinski definition) is 1. The van der Waals surface area contributed by atoms with Crippen LogP contribution in [0.25, 0.3) is 0 Å². The van der Waals surface area contributed by atoms with Crippen molar-refractivity contribution in [2.75, 3.05) is 19.8 Å². The Morgan fingerprint density at radius 2 is 1.89 bits per heavy atom. The van der Waals surface area contributed by atoms with E-state index in [2.05, 4.69) is 12.1 Å². The third-order valence-corrected chi connectivity index (χ3v) is 2.40. The van der Waals surface area contributed by atoms with Crippen LogP contribution >= 0.6 is 0 Å². The van der Waals surface area contributed by atoms with Crippen LogP contribution in [0.4, 0.5) is 0 Å². The summed E-state index contributed by atoms with van der Waals surface area (Å²) < 4.78 is 10.9. The van der Waals surface area contributed by atoms with Crippen LogP contribution < -0.4 is 4.74 Å².